The lowest BCUT2D eigenvalue weighted by Gasteiger charge is -2.26. The fourth-order valence-corrected chi connectivity index (χ4v) is 2.77. The molecule has 3 saturated heterocycles. The molecule has 0 amide bonds. The summed E-state index contributed by atoms with van der Waals surface area (Å²) in [6, 6.07) is -0.265. The Hall–Kier alpha value is -0.240. The number of rotatable bonds is 1. The standard InChI is InChI=1S/C12H21NO5/c1-11(2)14-5-6(16-11)8-7(13)9-10(15-8)18-12(3,4)17-9/h6-10H,5,13H2,1-4H3/t6-,7-,8+,9-,10+/m0/s1. The maximum Gasteiger partial charge on any atom is 0.189 e. The van der Waals surface area contributed by atoms with Gasteiger partial charge in [-0.15, -0.1) is 0 Å². The highest BCUT2D eigenvalue weighted by Gasteiger charge is 2.56. The minimum Gasteiger partial charge on any atom is -0.348 e. The lowest BCUT2D eigenvalue weighted by molar-refractivity contribution is -0.222. The lowest BCUT2D eigenvalue weighted by atomic mass is 10.0. The summed E-state index contributed by atoms with van der Waals surface area (Å²) in [5.41, 5.74) is 6.19. The van der Waals surface area contributed by atoms with Gasteiger partial charge in [0.25, 0.3) is 0 Å². The van der Waals surface area contributed by atoms with E-state index in [0.29, 0.717) is 6.61 Å². The monoisotopic (exact) mass is 259 g/mol. The highest BCUT2D eigenvalue weighted by molar-refractivity contribution is 4.99. The lowest BCUT2D eigenvalue weighted by Crippen LogP contribution is -2.47. The van der Waals surface area contributed by atoms with E-state index < -0.39 is 17.9 Å². The molecule has 3 rings (SSSR count). The van der Waals surface area contributed by atoms with Gasteiger partial charge >= 0.3 is 0 Å². The molecule has 6 heteroatoms. The van der Waals surface area contributed by atoms with Gasteiger partial charge in [0.1, 0.15) is 18.3 Å². The molecule has 3 aliphatic rings. The summed E-state index contributed by atoms with van der Waals surface area (Å²) in [6.07, 6.45) is -1.07. The average Bonchev–Trinajstić information content (AvgIpc) is 2.81. The minimum absolute atomic E-state index is 0.170. The summed E-state index contributed by atoms with van der Waals surface area (Å²) < 4.78 is 28.6. The zero-order valence-electron chi connectivity index (χ0n) is 11.2. The number of hydrogen-bond donors (Lipinski definition) is 1. The molecule has 0 bridgehead atoms. The van der Waals surface area contributed by atoms with Crippen LogP contribution in [0.1, 0.15) is 27.7 Å². The second-order valence-corrected chi connectivity index (χ2v) is 6.01. The molecule has 0 radical (unpaired) electrons. The van der Waals surface area contributed by atoms with Crippen molar-refractivity contribution in [2.45, 2.75) is 69.9 Å². The van der Waals surface area contributed by atoms with Crippen molar-refractivity contribution in [3.05, 3.63) is 0 Å². The van der Waals surface area contributed by atoms with Crippen LogP contribution in [0.4, 0.5) is 0 Å². The van der Waals surface area contributed by atoms with E-state index >= 15 is 0 Å². The van der Waals surface area contributed by atoms with Gasteiger partial charge in [-0.25, -0.2) is 0 Å². The van der Waals surface area contributed by atoms with E-state index in [1.165, 1.54) is 0 Å². The molecule has 0 aliphatic carbocycles. The molecule has 104 valence electrons. The summed E-state index contributed by atoms with van der Waals surface area (Å²) >= 11 is 0. The molecule has 0 aromatic heterocycles. The van der Waals surface area contributed by atoms with Gasteiger partial charge < -0.3 is 29.4 Å². The Balaban J connectivity index is 1.68. The summed E-state index contributed by atoms with van der Waals surface area (Å²) in [7, 11) is 0. The molecule has 3 heterocycles. The van der Waals surface area contributed by atoms with Crippen LogP contribution >= 0.6 is 0 Å². The highest BCUT2D eigenvalue weighted by Crippen LogP contribution is 2.39. The summed E-state index contributed by atoms with van der Waals surface area (Å²) in [5.74, 6) is -1.21. The average molecular weight is 259 g/mol. The molecular weight excluding hydrogens is 238 g/mol. The van der Waals surface area contributed by atoms with Crippen LogP contribution in [0.2, 0.25) is 0 Å². The third kappa shape index (κ3) is 2.07. The van der Waals surface area contributed by atoms with Gasteiger partial charge in [0.05, 0.1) is 12.6 Å². The largest absolute Gasteiger partial charge is 0.348 e. The van der Waals surface area contributed by atoms with Crippen molar-refractivity contribution in [3.8, 4) is 0 Å². The first-order chi connectivity index (χ1) is 8.27. The van der Waals surface area contributed by atoms with Gasteiger partial charge in [-0.05, 0) is 27.7 Å². The molecule has 0 unspecified atom stereocenters. The van der Waals surface area contributed by atoms with Crippen LogP contribution in [0, 0.1) is 0 Å². The van der Waals surface area contributed by atoms with Crippen LogP contribution in [0.3, 0.4) is 0 Å². The van der Waals surface area contributed by atoms with Gasteiger partial charge in [0.2, 0.25) is 0 Å². The number of hydrogen-bond acceptors (Lipinski definition) is 6. The van der Waals surface area contributed by atoms with Crippen molar-refractivity contribution in [3.63, 3.8) is 0 Å². The van der Waals surface area contributed by atoms with E-state index in [2.05, 4.69) is 0 Å². The zero-order valence-corrected chi connectivity index (χ0v) is 11.2. The van der Waals surface area contributed by atoms with E-state index in [1.54, 1.807) is 0 Å². The first-order valence-corrected chi connectivity index (χ1v) is 6.36. The molecule has 0 spiro atoms. The van der Waals surface area contributed by atoms with E-state index in [0.717, 1.165) is 0 Å². The predicted octanol–water partition coefficient (Wildman–Crippen LogP) is 0.342. The van der Waals surface area contributed by atoms with Crippen molar-refractivity contribution < 1.29 is 23.7 Å². The van der Waals surface area contributed by atoms with Gasteiger partial charge in [-0.3, -0.25) is 0 Å². The molecule has 5 atom stereocenters. The fourth-order valence-electron chi connectivity index (χ4n) is 2.77. The first kappa shape index (κ1) is 12.8. The fraction of sp³-hybridized carbons (Fsp3) is 1.00. The van der Waals surface area contributed by atoms with Crippen LogP contribution in [0.5, 0.6) is 0 Å². The second-order valence-electron chi connectivity index (χ2n) is 6.01. The van der Waals surface area contributed by atoms with E-state index in [-0.39, 0.29) is 24.4 Å². The normalized spacial score (nSPS) is 49.5. The Morgan fingerprint density at radius 2 is 1.67 bits per heavy atom. The van der Waals surface area contributed by atoms with Gasteiger partial charge in [-0.1, -0.05) is 0 Å². The molecule has 18 heavy (non-hydrogen) atoms. The Morgan fingerprint density at radius 3 is 2.22 bits per heavy atom. The van der Waals surface area contributed by atoms with Crippen molar-refractivity contribution in [2.75, 3.05) is 6.61 Å². The third-order valence-electron chi connectivity index (χ3n) is 3.53. The summed E-state index contributed by atoms with van der Waals surface area (Å²) in [4.78, 5) is 0. The minimum atomic E-state index is -0.635. The van der Waals surface area contributed by atoms with Crippen LogP contribution in [-0.4, -0.2) is 48.8 Å². The van der Waals surface area contributed by atoms with E-state index in [4.69, 9.17) is 29.4 Å². The van der Waals surface area contributed by atoms with Crippen LogP contribution < -0.4 is 5.73 Å². The molecule has 3 fully saturated rings. The Bertz CT molecular complexity index is 345. The Kier molecular flexibility index (Phi) is 2.75. The van der Waals surface area contributed by atoms with Crippen molar-refractivity contribution >= 4 is 0 Å². The van der Waals surface area contributed by atoms with Crippen LogP contribution in [0.15, 0.2) is 0 Å². The van der Waals surface area contributed by atoms with Crippen molar-refractivity contribution in [2.24, 2.45) is 5.73 Å². The summed E-state index contributed by atoms with van der Waals surface area (Å²) in [6.45, 7) is 7.95. The van der Waals surface area contributed by atoms with E-state index in [1.807, 2.05) is 27.7 Å². The van der Waals surface area contributed by atoms with Crippen molar-refractivity contribution in [1.82, 2.24) is 0 Å². The van der Waals surface area contributed by atoms with Crippen LogP contribution in [-0.2, 0) is 23.7 Å². The third-order valence-corrected chi connectivity index (χ3v) is 3.53. The SMILES string of the molecule is CC1(C)O[C@H]2O[C@H]([C@@H]3COC(C)(C)O3)[C@H](N)[C@@H]2O1. The molecule has 0 aromatic rings. The maximum absolute atomic E-state index is 6.19. The predicted molar refractivity (Wildman–Crippen MR) is 61.6 cm³/mol. The summed E-state index contributed by atoms with van der Waals surface area (Å²) in [5, 5.41) is 0. The Morgan fingerprint density at radius 1 is 0.944 bits per heavy atom. The first-order valence-electron chi connectivity index (χ1n) is 6.36. The Labute approximate surface area is 107 Å². The molecule has 3 aliphatic heterocycles. The number of fused-ring (bicyclic) bond motifs is 1. The molecule has 2 N–H and O–H groups in total. The molecule has 6 nitrogen and oxygen atoms in total. The number of ether oxygens (including phenoxy) is 5. The number of nitrogens with two attached hydrogens (primary N) is 1. The van der Waals surface area contributed by atoms with E-state index in [9.17, 15) is 0 Å². The smallest absolute Gasteiger partial charge is 0.189 e. The van der Waals surface area contributed by atoms with Gasteiger partial charge in [-0.2, -0.15) is 0 Å². The van der Waals surface area contributed by atoms with Gasteiger partial charge in [0, 0.05) is 0 Å². The quantitative estimate of drug-likeness (QED) is 0.732. The zero-order chi connectivity index (χ0) is 13.1. The van der Waals surface area contributed by atoms with Crippen LogP contribution in [0.25, 0.3) is 0 Å². The maximum atomic E-state index is 6.19. The molecule has 0 saturated carbocycles. The topological polar surface area (TPSA) is 72.2 Å². The molecular formula is C12H21NO5. The second kappa shape index (κ2) is 3.88. The van der Waals surface area contributed by atoms with Gasteiger partial charge in [0.15, 0.2) is 17.9 Å². The molecule has 0 aromatic carbocycles. The van der Waals surface area contributed by atoms with Crippen molar-refractivity contribution in [1.29, 1.82) is 0 Å². The highest BCUT2D eigenvalue weighted by atomic mass is 16.8.